The summed E-state index contributed by atoms with van der Waals surface area (Å²) in [4.78, 5) is 35.1. The van der Waals surface area contributed by atoms with Crippen LogP contribution < -0.4 is 0 Å². The average Bonchev–Trinajstić information content (AvgIpc) is 3.19. The molecular weight excluding hydrogens is 312 g/mol. The first kappa shape index (κ1) is 14.3. The van der Waals surface area contributed by atoms with E-state index < -0.39 is 23.3 Å². The van der Waals surface area contributed by atoms with E-state index in [9.17, 15) is 19.7 Å². The third kappa shape index (κ3) is 2.60. The Morgan fingerprint density at radius 1 is 1.41 bits per heavy atom. The molecule has 1 aliphatic rings. The van der Waals surface area contributed by atoms with Crippen LogP contribution in [0.4, 0.5) is 5.69 Å². The molecule has 0 aliphatic heterocycles. The van der Waals surface area contributed by atoms with E-state index in [0.29, 0.717) is 0 Å². The number of carbonyl (C=O) groups is 2. The molecule has 114 valence electrons. The number of benzene rings is 1. The number of nitro groups is 1. The highest BCUT2D eigenvalue weighted by molar-refractivity contribution is 7.00. The molecule has 1 saturated carbocycles. The van der Waals surface area contributed by atoms with Crippen LogP contribution in [0.5, 0.6) is 0 Å². The summed E-state index contributed by atoms with van der Waals surface area (Å²) in [6, 6.07) is 2.42. The van der Waals surface area contributed by atoms with Crippen LogP contribution in [0.25, 0.3) is 11.0 Å². The van der Waals surface area contributed by atoms with Gasteiger partial charge in [-0.05, 0) is 18.9 Å². The van der Waals surface area contributed by atoms with Crippen LogP contribution in [-0.4, -0.2) is 48.1 Å². The summed E-state index contributed by atoms with van der Waals surface area (Å²) in [5.41, 5.74) is 0.136. The predicted molar refractivity (Wildman–Crippen MR) is 75.8 cm³/mol. The van der Waals surface area contributed by atoms with Crippen LogP contribution in [0.3, 0.4) is 0 Å². The Balaban J connectivity index is 2.02. The van der Waals surface area contributed by atoms with Crippen molar-refractivity contribution in [2.24, 2.45) is 0 Å². The van der Waals surface area contributed by atoms with Gasteiger partial charge < -0.3 is 10.0 Å². The molecule has 1 aromatic heterocycles. The van der Waals surface area contributed by atoms with Gasteiger partial charge in [0.05, 0.1) is 16.7 Å². The number of aliphatic carboxylic acids is 1. The molecule has 1 amide bonds. The summed E-state index contributed by atoms with van der Waals surface area (Å²) in [7, 11) is 0. The van der Waals surface area contributed by atoms with Crippen molar-refractivity contribution >= 4 is 40.3 Å². The molecule has 1 fully saturated rings. The number of hydrogen-bond donors (Lipinski definition) is 1. The van der Waals surface area contributed by atoms with Crippen molar-refractivity contribution in [3.05, 3.63) is 27.8 Å². The van der Waals surface area contributed by atoms with Crippen molar-refractivity contribution in [2.45, 2.75) is 18.9 Å². The van der Waals surface area contributed by atoms with Gasteiger partial charge in [0.1, 0.15) is 12.1 Å². The average molecular weight is 322 g/mol. The topological polar surface area (TPSA) is 127 Å². The van der Waals surface area contributed by atoms with Gasteiger partial charge in [0.15, 0.2) is 5.52 Å². The molecule has 1 N–H and O–H groups in total. The standard InChI is InChI=1S/C12H10N4O5S/c17-10(18)5-15(7-1-2-7)12(19)6-3-8-11(14-22-13-8)9(4-6)16(20)21/h3-4,7H,1-2,5H2,(H,17,18). The molecule has 22 heavy (non-hydrogen) atoms. The van der Waals surface area contributed by atoms with Gasteiger partial charge in [-0.2, -0.15) is 8.75 Å². The fourth-order valence-electron chi connectivity index (χ4n) is 2.20. The summed E-state index contributed by atoms with van der Waals surface area (Å²) < 4.78 is 7.78. The number of hydrogen-bond acceptors (Lipinski definition) is 7. The molecule has 0 radical (unpaired) electrons. The highest BCUT2D eigenvalue weighted by atomic mass is 32.1. The Morgan fingerprint density at radius 3 is 2.73 bits per heavy atom. The van der Waals surface area contributed by atoms with Gasteiger partial charge in [0, 0.05) is 17.7 Å². The minimum Gasteiger partial charge on any atom is -0.480 e. The molecule has 10 heteroatoms. The van der Waals surface area contributed by atoms with Gasteiger partial charge in [0.2, 0.25) is 0 Å². The molecule has 3 rings (SSSR count). The summed E-state index contributed by atoms with van der Waals surface area (Å²) >= 11 is 0.819. The minimum absolute atomic E-state index is 0.0556. The van der Waals surface area contributed by atoms with Crippen molar-refractivity contribution in [2.75, 3.05) is 6.54 Å². The first-order valence-electron chi connectivity index (χ1n) is 6.41. The maximum atomic E-state index is 12.5. The van der Waals surface area contributed by atoms with Gasteiger partial charge in [-0.1, -0.05) is 0 Å². The molecular formula is C12H10N4O5S. The molecule has 0 atom stereocenters. The molecule has 0 saturated heterocycles. The third-order valence-corrected chi connectivity index (χ3v) is 3.88. The zero-order valence-electron chi connectivity index (χ0n) is 11.1. The molecule has 9 nitrogen and oxygen atoms in total. The van der Waals surface area contributed by atoms with E-state index in [2.05, 4.69) is 8.75 Å². The second-order valence-corrected chi connectivity index (χ2v) is 5.47. The lowest BCUT2D eigenvalue weighted by atomic mass is 10.1. The number of nitro benzene ring substituents is 1. The largest absolute Gasteiger partial charge is 0.480 e. The van der Waals surface area contributed by atoms with Gasteiger partial charge in [-0.3, -0.25) is 19.7 Å². The summed E-state index contributed by atoms with van der Waals surface area (Å²) in [5, 5.41) is 20.0. The number of amides is 1. The van der Waals surface area contributed by atoms with Gasteiger partial charge in [0.25, 0.3) is 11.6 Å². The summed E-state index contributed by atoms with van der Waals surface area (Å²) in [6.45, 7) is -0.426. The predicted octanol–water partition coefficient (Wildman–Crippen LogP) is 1.29. The fourth-order valence-corrected chi connectivity index (χ4v) is 2.74. The Morgan fingerprint density at radius 2 is 2.14 bits per heavy atom. The number of aromatic nitrogens is 2. The van der Waals surface area contributed by atoms with E-state index >= 15 is 0 Å². The summed E-state index contributed by atoms with van der Waals surface area (Å²) in [5.74, 6) is -1.66. The number of rotatable bonds is 5. The first-order chi connectivity index (χ1) is 10.5. The van der Waals surface area contributed by atoms with Crippen molar-refractivity contribution in [3.8, 4) is 0 Å². The number of fused-ring (bicyclic) bond motifs is 1. The third-order valence-electron chi connectivity index (χ3n) is 3.34. The number of nitrogens with zero attached hydrogens (tertiary/aromatic N) is 4. The quantitative estimate of drug-likeness (QED) is 0.649. The second-order valence-electron chi connectivity index (χ2n) is 4.94. The van der Waals surface area contributed by atoms with E-state index in [1.165, 1.54) is 11.0 Å². The van der Waals surface area contributed by atoms with Crippen LogP contribution in [-0.2, 0) is 4.79 Å². The Kier molecular flexibility index (Phi) is 3.45. The number of carbonyl (C=O) groups excluding carboxylic acids is 1. The molecule has 1 aromatic carbocycles. The normalized spacial score (nSPS) is 14.0. The number of carboxylic acid groups (broad SMARTS) is 1. The maximum Gasteiger partial charge on any atom is 0.323 e. The Hall–Kier alpha value is -2.62. The van der Waals surface area contributed by atoms with Crippen molar-refractivity contribution in [3.63, 3.8) is 0 Å². The Labute approximate surface area is 127 Å². The SMILES string of the molecule is O=C(O)CN(C(=O)c1cc([N+](=O)[O-])c2nsnc2c1)C1CC1. The summed E-state index contributed by atoms with van der Waals surface area (Å²) in [6.07, 6.45) is 1.48. The van der Waals surface area contributed by atoms with E-state index in [4.69, 9.17) is 5.11 Å². The smallest absolute Gasteiger partial charge is 0.323 e. The van der Waals surface area contributed by atoms with E-state index in [1.54, 1.807) is 0 Å². The molecule has 1 aliphatic carbocycles. The van der Waals surface area contributed by atoms with Crippen molar-refractivity contribution in [1.82, 2.24) is 13.6 Å². The van der Waals surface area contributed by atoms with Gasteiger partial charge in [-0.25, -0.2) is 0 Å². The first-order valence-corrected chi connectivity index (χ1v) is 7.14. The van der Waals surface area contributed by atoms with Crippen LogP contribution in [0.15, 0.2) is 12.1 Å². The van der Waals surface area contributed by atoms with Crippen LogP contribution >= 0.6 is 11.7 Å². The highest BCUT2D eigenvalue weighted by Gasteiger charge is 2.35. The lowest BCUT2D eigenvalue weighted by molar-refractivity contribution is -0.383. The lowest BCUT2D eigenvalue weighted by Crippen LogP contribution is -2.37. The molecule has 2 aromatic rings. The van der Waals surface area contributed by atoms with Gasteiger partial charge >= 0.3 is 5.97 Å². The second kappa shape index (κ2) is 5.30. The van der Waals surface area contributed by atoms with Crippen molar-refractivity contribution < 1.29 is 19.6 Å². The fraction of sp³-hybridized carbons (Fsp3) is 0.333. The minimum atomic E-state index is -1.12. The molecule has 0 unspecified atom stereocenters. The van der Waals surface area contributed by atoms with Crippen LogP contribution in [0.1, 0.15) is 23.2 Å². The van der Waals surface area contributed by atoms with E-state index in [-0.39, 0.29) is 28.3 Å². The van der Waals surface area contributed by atoms with Crippen LogP contribution in [0, 0.1) is 10.1 Å². The number of non-ortho nitro benzene ring substituents is 1. The molecule has 0 bridgehead atoms. The lowest BCUT2D eigenvalue weighted by Gasteiger charge is -2.20. The van der Waals surface area contributed by atoms with Crippen molar-refractivity contribution in [1.29, 1.82) is 0 Å². The maximum absolute atomic E-state index is 12.5. The number of carboxylic acids is 1. The van der Waals surface area contributed by atoms with Crippen LogP contribution in [0.2, 0.25) is 0 Å². The molecule has 0 spiro atoms. The molecule has 1 heterocycles. The Bertz CT molecular complexity index is 785. The monoisotopic (exact) mass is 322 g/mol. The van der Waals surface area contributed by atoms with Gasteiger partial charge in [-0.15, -0.1) is 0 Å². The van der Waals surface area contributed by atoms with E-state index in [0.717, 1.165) is 30.6 Å². The van der Waals surface area contributed by atoms with E-state index in [1.807, 2.05) is 0 Å². The highest BCUT2D eigenvalue weighted by Crippen LogP contribution is 2.31. The zero-order valence-corrected chi connectivity index (χ0v) is 11.9. The zero-order chi connectivity index (χ0) is 15.9.